The third-order valence-corrected chi connectivity index (χ3v) is 10.1. The second-order valence-corrected chi connectivity index (χ2v) is 16.6. The Balaban J connectivity index is 2.59. The van der Waals surface area contributed by atoms with Crippen molar-refractivity contribution < 1.29 is 38.2 Å². The Morgan fingerprint density at radius 3 is 2.13 bits per heavy atom. The van der Waals surface area contributed by atoms with Gasteiger partial charge in [0, 0.05) is 19.6 Å². The second-order valence-electron chi connectivity index (χ2n) is 16.6. The summed E-state index contributed by atoms with van der Waals surface area (Å²) in [5.74, 6) is -3.44. The molecule has 0 radical (unpaired) electrons. The normalized spacial score (nSPS) is 27.9. The lowest BCUT2D eigenvalue weighted by Crippen LogP contribution is -2.63. The van der Waals surface area contributed by atoms with E-state index in [4.69, 9.17) is 15.2 Å². The van der Waals surface area contributed by atoms with E-state index in [1.807, 2.05) is 20.8 Å². The molecule has 0 bridgehead atoms. The van der Waals surface area contributed by atoms with Crippen LogP contribution in [0.1, 0.15) is 126 Å². The third-order valence-electron chi connectivity index (χ3n) is 10.1. The molecule has 310 valence electrons. The fraction of sp³-hybridized carbons (Fsp3) is 0.846. The van der Waals surface area contributed by atoms with Gasteiger partial charge in [0.05, 0.1) is 25.2 Å². The molecule has 54 heavy (non-hydrogen) atoms. The molecule has 2 aliphatic rings. The van der Waals surface area contributed by atoms with E-state index in [2.05, 4.69) is 33.5 Å². The number of amides is 6. The molecule has 1 saturated carbocycles. The van der Waals surface area contributed by atoms with E-state index in [1.165, 1.54) is 4.90 Å². The first kappa shape index (κ1) is 46.7. The summed E-state index contributed by atoms with van der Waals surface area (Å²) in [5, 5.41) is 13.8. The molecule has 1 aliphatic carbocycles. The first-order valence-corrected chi connectivity index (χ1v) is 20.1. The highest BCUT2D eigenvalue weighted by Crippen LogP contribution is 2.28. The molecule has 0 aromatic heterocycles. The number of hydrogen-bond donors (Lipinski definition) is 6. The summed E-state index contributed by atoms with van der Waals surface area (Å²) in [6.07, 6.45) is 7.71. The van der Waals surface area contributed by atoms with Crippen molar-refractivity contribution in [1.29, 1.82) is 0 Å². The lowest BCUT2D eigenvalue weighted by Gasteiger charge is -2.36. The maximum absolute atomic E-state index is 14.3. The SMILES string of the molecule is CCCCCC[C@H]1OC[C@@H](C)NC(=O)[C@H](CN)NC(=O)[C@H](CNC(=O)OC(C)(C)C)NC(=O)[C@H](C2CCCCC2)NC(=O)[C@H](CC(C)C)N(C)C(=O)[C@@H]1C. The van der Waals surface area contributed by atoms with Crippen molar-refractivity contribution in [3.8, 4) is 0 Å². The standard InChI is InChI=1S/C39H71N7O8/c1-10-11-12-16-19-31-26(5)37(51)46(9)30(20-24(2)3)35(49)45-32(27-17-14-13-15-18-27)36(50)44-29(22-41-38(52)54-39(6,7)8)34(48)43-28(21-40)33(47)42-25(4)23-53-31/h24-32H,10-23,40H2,1-9H3,(H,41,52)(H,42,47)(H,43,48)(H,44,50)(H,45,49)/t25-,26-,28+,29+,30+,31-,32+/m1/s1. The lowest BCUT2D eigenvalue weighted by atomic mass is 9.83. The number of hydrogen-bond acceptors (Lipinski definition) is 9. The van der Waals surface area contributed by atoms with Gasteiger partial charge in [-0.25, -0.2) is 4.79 Å². The van der Waals surface area contributed by atoms with Crippen LogP contribution in [-0.2, 0) is 33.4 Å². The molecule has 1 aliphatic heterocycles. The third kappa shape index (κ3) is 15.7. The van der Waals surface area contributed by atoms with Crippen molar-refractivity contribution in [2.75, 3.05) is 26.7 Å². The lowest BCUT2D eigenvalue weighted by molar-refractivity contribution is -0.147. The van der Waals surface area contributed by atoms with Crippen LogP contribution in [0.25, 0.3) is 0 Å². The molecule has 1 saturated heterocycles. The molecule has 0 aromatic rings. The summed E-state index contributed by atoms with van der Waals surface area (Å²) in [4.78, 5) is 84.0. The van der Waals surface area contributed by atoms with E-state index >= 15 is 0 Å². The Labute approximate surface area is 323 Å². The zero-order chi connectivity index (χ0) is 40.6. The predicted molar refractivity (Wildman–Crippen MR) is 207 cm³/mol. The molecule has 0 unspecified atom stereocenters. The maximum atomic E-state index is 14.3. The summed E-state index contributed by atoms with van der Waals surface area (Å²) < 4.78 is 11.7. The Kier molecular flexibility index (Phi) is 19.7. The molecule has 0 spiro atoms. The first-order chi connectivity index (χ1) is 25.4. The van der Waals surface area contributed by atoms with Crippen LogP contribution >= 0.6 is 0 Å². The highest BCUT2D eigenvalue weighted by Gasteiger charge is 2.39. The van der Waals surface area contributed by atoms with E-state index in [1.54, 1.807) is 34.7 Å². The van der Waals surface area contributed by atoms with Crippen LogP contribution in [0.2, 0.25) is 0 Å². The molecule has 15 heteroatoms. The molecule has 0 aromatic carbocycles. The number of unbranched alkanes of at least 4 members (excludes halogenated alkanes) is 3. The number of nitrogens with two attached hydrogens (primary N) is 1. The number of nitrogens with zero attached hydrogens (tertiary/aromatic N) is 1. The van der Waals surface area contributed by atoms with Gasteiger partial charge in [-0.05, 0) is 65.2 Å². The van der Waals surface area contributed by atoms with Crippen LogP contribution in [0, 0.1) is 17.8 Å². The molecule has 7 atom stereocenters. The van der Waals surface area contributed by atoms with Gasteiger partial charge in [-0.15, -0.1) is 0 Å². The molecule has 6 amide bonds. The van der Waals surface area contributed by atoms with Crippen LogP contribution in [0.15, 0.2) is 0 Å². The second kappa shape index (κ2) is 22.8. The summed E-state index contributed by atoms with van der Waals surface area (Å²) in [6.45, 7) is 14.2. The number of carbonyl (C=O) groups is 6. The zero-order valence-electron chi connectivity index (χ0n) is 34.4. The van der Waals surface area contributed by atoms with Crippen molar-refractivity contribution in [2.45, 2.75) is 168 Å². The summed E-state index contributed by atoms with van der Waals surface area (Å²) in [7, 11) is 1.62. The van der Waals surface area contributed by atoms with Gasteiger partial charge in [-0.2, -0.15) is 0 Å². The minimum absolute atomic E-state index is 0.0444. The number of carbonyl (C=O) groups excluding carboxylic acids is 6. The molecule has 2 rings (SSSR count). The van der Waals surface area contributed by atoms with Gasteiger partial charge >= 0.3 is 6.09 Å². The fourth-order valence-corrected chi connectivity index (χ4v) is 7.01. The van der Waals surface area contributed by atoms with Crippen molar-refractivity contribution in [2.24, 2.45) is 23.5 Å². The number of likely N-dealkylation sites (N-methyl/N-ethyl adjacent to an activating group) is 1. The molecule has 2 fully saturated rings. The monoisotopic (exact) mass is 766 g/mol. The number of alkyl carbamates (subject to hydrolysis) is 1. The summed E-state index contributed by atoms with van der Waals surface area (Å²) in [5.41, 5.74) is 5.14. The van der Waals surface area contributed by atoms with E-state index in [0.717, 1.165) is 44.9 Å². The number of nitrogens with one attached hydrogen (secondary N) is 5. The van der Waals surface area contributed by atoms with Crippen molar-refractivity contribution in [1.82, 2.24) is 31.5 Å². The van der Waals surface area contributed by atoms with Crippen molar-refractivity contribution in [3.63, 3.8) is 0 Å². The molecule has 1 heterocycles. The van der Waals surface area contributed by atoms with Gasteiger partial charge < -0.3 is 46.7 Å². The van der Waals surface area contributed by atoms with Gasteiger partial charge in [0.25, 0.3) is 0 Å². The van der Waals surface area contributed by atoms with Gasteiger partial charge in [0.2, 0.25) is 29.5 Å². The van der Waals surface area contributed by atoms with Crippen molar-refractivity contribution >= 4 is 35.6 Å². The van der Waals surface area contributed by atoms with E-state index in [9.17, 15) is 28.8 Å². The summed E-state index contributed by atoms with van der Waals surface area (Å²) >= 11 is 0. The smallest absolute Gasteiger partial charge is 0.407 e. The van der Waals surface area contributed by atoms with Crippen LogP contribution in [0.3, 0.4) is 0 Å². The molecule has 15 nitrogen and oxygen atoms in total. The Hall–Kier alpha value is -3.46. The Bertz CT molecular complexity index is 1240. The van der Waals surface area contributed by atoms with E-state index in [0.29, 0.717) is 25.7 Å². The quantitative estimate of drug-likeness (QED) is 0.171. The zero-order valence-corrected chi connectivity index (χ0v) is 34.4. The highest BCUT2D eigenvalue weighted by atomic mass is 16.6. The molecular formula is C39H71N7O8. The largest absolute Gasteiger partial charge is 0.444 e. The molecular weight excluding hydrogens is 694 g/mol. The fourth-order valence-electron chi connectivity index (χ4n) is 7.01. The first-order valence-electron chi connectivity index (χ1n) is 20.1. The van der Waals surface area contributed by atoms with Gasteiger partial charge in [0.1, 0.15) is 29.8 Å². The van der Waals surface area contributed by atoms with Crippen LogP contribution < -0.4 is 32.3 Å². The minimum Gasteiger partial charge on any atom is -0.444 e. The number of ether oxygens (including phenoxy) is 2. The van der Waals surface area contributed by atoms with Crippen LogP contribution in [-0.4, -0.2) is 109 Å². The van der Waals surface area contributed by atoms with Gasteiger partial charge in [-0.1, -0.05) is 72.6 Å². The van der Waals surface area contributed by atoms with E-state index in [-0.39, 0.29) is 37.4 Å². The topological polar surface area (TPSA) is 210 Å². The average molecular weight is 766 g/mol. The Morgan fingerprint density at radius 1 is 0.907 bits per heavy atom. The highest BCUT2D eigenvalue weighted by molar-refractivity contribution is 5.96. The molecule has 7 N–H and O–H groups in total. The van der Waals surface area contributed by atoms with Gasteiger partial charge in [0.15, 0.2) is 0 Å². The maximum Gasteiger partial charge on any atom is 0.407 e. The minimum atomic E-state index is -1.36. The summed E-state index contributed by atoms with van der Waals surface area (Å²) in [6, 6.07) is -4.95. The predicted octanol–water partition coefficient (Wildman–Crippen LogP) is 2.89. The van der Waals surface area contributed by atoms with Gasteiger partial charge in [-0.3, -0.25) is 24.0 Å². The van der Waals surface area contributed by atoms with Crippen LogP contribution in [0.4, 0.5) is 4.79 Å². The number of rotatable bonds is 11. The average Bonchev–Trinajstić information content (AvgIpc) is 3.11. The van der Waals surface area contributed by atoms with Crippen molar-refractivity contribution in [3.05, 3.63) is 0 Å². The van der Waals surface area contributed by atoms with Crippen LogP contribution in [0.5, 0.6) is 0 Å². The van der Waals surface area contributed by atoms with E-state index < -0.39 is 77.6 Å². The Morgan fingerprint density at radius 2 is 1.54 bits per heavy atom.